The number of carbonyl (C=O) groups excluding carboxylic acids is 2. The molecule has 0 aliphatic heterocycles. The van der Waals surface area contributed by atoms with Crippen molar-refractivity contribution in [3.63, 3.8) is 0 Å². The number of aliphatic carboxylic acids is 1. The third-order valence-electron chi connectivity index (χ3n) is 3.29. The Balaban J connectivity index is 0. The van der Waals surface area contributed by atoms with Gasteiger partial charge in [-0.25, -0.2) is 0 Å². The van der Waals surface area contributed by atoms with Crippen LogP contribution in [0.2, 0.25) is 0 Å². The van der Waals surface area contributed by atoms with Crippen molar-refractivity contribution >= 4 is 25.8 Å². The van der Waals surface area contributed by atoms with Crippen LogP contribution in [0.25, 0.3) is 0 Å². The standard InChI is InChI=1S/C15H29N2O4P.C2H4O2/c1-10(2)7-12(9-22(20)21-6)14(18)17-13(8-11(3)4)15(19)16-5;1-2(3)4/h10-13H,7-9H2,1-6H3,(H-,16,17,18,19);1H3,(H,3,4)/p+1/t12?,13-;/m0./s1. The van der Waals surface area contributed by atoms with Crippen molar-refractivity contribution in [2.75, 3.05) is 20.3 Å². The van der Waals surface area contributed by atoms with Crippen molar-refractivity contribution in [2.24, 2.45) is 17.8 Å². The van der Waals surface area contributed by atoms with Crippen LogP contribution in [0.5, 0.6) is 0 Å². The molecule has 3 atom stereocenters. The zero-order valence-electron chi connectivity index (χ0n) is 16.9. The molecule has 0 saturated heterocycles. The van der Waals surface area contributed by atoms with Crippen molar-refractivity contribution in [2.45, 2.75) is 53.5 Å². The zero-order valence-corrected chi connectivity index (χ0v) is 17.8. The molecule has 26 heavy (non-hydrogen) atoms. The third-order valence-corrected chi connectivity index (χ3v) is 4.43. The van der Waals surface area contributed by atoms with Gasteiger partial charge in [0.25, 0.3) is 5.97 Å². The molecule has 8 nitrogen and oxygen atoms in total. The van der Waals surface area contributed by atoms with E-state index in [0.29, 0.717) is 18.8 Å². The first kappa shape index (κ1) is 26.7. The van der Waals surface area contributed by atoms with Gasteiger partial charge >= 0.3 is 8.03 Å². The van der Waals surface area contributed by atoms with Crippen molar-refractivity contribution in [1.82, 2.24) is 10.6 Å². The average molecular weight is 393 g/mol. The van der Waals surface area contributed by atoms with Crippen LogP contribution >= 0.6 is 8.03 Å². The first-order chi connectivity index (χ1) is 11.9. The van der Waals surface area contributed by atoms with E-state index in [4.69, 9.17) is 14.4 Å². The van der Waals surface area contributed by atoms with Crippen molar-refractivity contribution in [3.05, 3.63) is 0 Å². The SMILES string of the molecule is CC(=O)O.CNC(=O)[C@H](CC(C)C)NC(=O)C(CC(C)C)C[P+](=O)OC. The molecule has 0 aromatic carbocycles. The number of amides is 2. The molecular weight excluding hydrogens is 359 g/mol. The highest BCUT2D eigenvalue weighted by molar-refractivity contribution is 7.39. The summed E-state index contributed by atoms with van der Waals surface area (Å²) in [5.74, 6) is -1.12. The van der Waals surface area contributed by atoms with Gasteiger partial charge in [0, 0.05) is 14.0 Å². The van der Waals surface area contributed by atoms with Gasteiger partial charge in [-0.3, -0.25) is 14.4 Å². The number of likely N-dealkylation sites (N-methyl/N-ethyl adjacent to an activating group) is 1. The fourth-order valence-corrected chi connectivity index (χ4v) is 3.08. The second-order valence-electron chi connectivity index (χ2n) is 6.85. The van der Waals surface area contributed by atoms with Crippen LogP contribution in [0.1, 0.15) is 47.5 Å². The minimum Gasteiger partial charge on any atom is -0.481 e. The molecule has 0 aromatic heterocycles. The number of hydrogen-bond donors (Lipinski definition) is 3. The van der Waals surface area contributed by atoms with Crippen LogP contribution in [-0.4, -0.2) is 49.3 Å². The lowest BCUT2D eigenvalue weighted by atomic mass is 9.96. The Morgan fingerprint density at radius 2 is 1.50 bits per heavy atom. The largest absolute Gasteiger partial charge is 0.508 e. The van der Waals surface area contributed by atoms with E-state index in [1.807, 2.05) is 27.7 Å². The number of hydrogen-bond acceptors (Lipinski definition) is 5. The van der Waals surface area contributed by atoms with E-state index in [1.54, 1.807) is 7.05 Å². The highest BCUT2D eigenvalue weighted by Gasteiger charge is 2.32. The summed E-state index contributed by atoms with van der Waals surface area (Å²) in [5, 5.41) is 12.8. The fraction of sp³-hybridized carbons (Fsp3) is 0.824. The van der Waals surface area contributed by atoms with Crippen molar-refractivity contribution in [1.29, 1.82) is 0 Å². The maximum atomic E-state index is 12.5. The molecule has 0 fully saturated rings. The Labute approximate surface area is 157 Å². The summed E-state index contributed by atoms with van der Waals surface area (Å²) in [7, 11) is 1.07. The summed E-state index contributed by atoms with van der Waals surface area (Å²) in [5.41, 5.74) is 0. The molecular formula is C17H34N2O6P+. The molecule has 0 saturated carbocycles. The van der Waals surface area contributed by atoms with Crippen molar-refractivity contribution < 1.29 is 28.6 Å². The van der Waals surface area contributed by atoms with Gasteiger partial charge in [-0.15, -0.1) is 4.52 Å². The minimum atomic E-state index is -1.85. The summed E-state index contributed by atoms with van der Waals surface area (Å²) < 4.78 is 16.4. The second-order valence-corrected chi connectivity index (χ2v) is 8.24. The summed E-state index contributed by atoms with van der Waals surface area (Å²) in [4.78, 5) is 33.4. The normalized spacial score (nSPS) is 13.3. The molecule has 0 heterocycles. The predicted molar refractivity (Wildman–Crippen MR) is 101 cm³/mol. The highest BCUT2D eigenvalue weighted by atomic mass is 31.1. The quantitative estimate of drug-likeness (QED) is 0.490. The Kier molecular flexibility index (Phi) is 15.0. The highest BCUT2D eigenvalue weighted by Crippen LogP contribution is 2.28. The van der Waals surface area contributed by atoms with E-state index >= 15 is 0 Å². The van der Waals surface area contributed by atoms with Crippen LogP contribution in [-0.2, 0) is 23.5 Å². The zero-order chi connectivity index (χ0) is 20.9. The average Bonchev–Trinajstić information content (AvgIpc) is 2.51. The Morgan fingerprint density at radius 1 is 1.04 bits per heavy atom. The monoisotopic (exact) mass is 393 g/mol. The lowest BCUT2D eigenvalue weighted by Crippen LogP contribution is -2.48. The van der Waals surface area contributed by atoms with Crippen molar-refractivity contribution in [3.8, 4) is 0 Å². The Hall–Kier alpha value is -1.53. The summed E-state index contributed by atoms with van der Waals surface area (Å²) in [6.07, 6.45) is 1.35. The van der Waals surface area contributed by atoms with E-state index < -0.39 is 26.0 Å². The lowest BCUT2D eigenvalue weighted by molar-refractivity contribution is -0.134. The first-order valence-electron chi connectivity index (χ1n) is 8.64. The van der Waals surface area contributed by atoms with Gasteiger partial charge in [-0.1, -0.05) is 27.7 Å². The Bertz CT molecular complexity index is 464. The van der Waals surface area contributed by atoms with E-state index in [2.05, 4.69) is 10.6 Å². The molecule has 3 N–H and O–H groups in total. The van der Waals surface area contributed by atoms with Gasteiger partial charge in [0.2, 0.25) is 11.8 Å². The van der Waals surface area contributed by atoms with Crippen LogP contribution in [0.3, 0.4) is 0 Å². The van der Waals surface area contributed by atoms with Crippen LogP contribution in [0.4, 0.5) is 0 Å². The van der Waals surface area contributed by atoms with Crippen LogP contribution in [0.15, 0.2) is 0 Å². The van der Waals surface area contributed by atoms with E-state index in [9.17, 15) is 14.2 Å². The summed E-state index contributed by atoms with van der Waals surface area (Å²) >= 11 is 0. The maximum Gasteiger partial charge on any atom is 0.508 e. The number of rotatable bonds is 10. The van der Waals surface area contributed by atoms with E-state index in [-0.39, 0.29) is 23.9 Å². The topological polar surface area (TPSA) is 122 Å². The van der Waals surface area contributed by atoms with Crippen LogP contribution in [0, 0.1) is 17.8 Å². The number of carboxylic acids is 1. The number of carboxylic acid groups (broad SMARTS) is 1. The third kappa shape index (κ3) is 14.8. The van der Waals surface area contributed by atoms with E-state index in [0.717, 1.165) is 6.92 Å². The van der Waals surface area contributed by atoms with Gasteiger partial charge in [0.1, 0.15) is 6.04 Å². The van der Waals surface area contributed by atoms with Gasteiger partial charge in [0.15, 0.2) is 6.16 Å². The van der Waals surface area contributed by atoms with Gasteiger partial charge in [0.05, 0.1) is 13.0 Å². The molecule has 0 spiro atoms. The molecule has 2 amide bonds. The van der Waals surface area contributed by atoms with Gasteiger partial charge in [-0.2, -0.15) is 0 Å². The molecule has 2 unspecified atom stereocenters. The predicted octanol–water partition coefficient (Wildman–Crippen LogP) is 2.41. The van der Waals surface area contributed by atoms with Gasteiger partial charge in [-0.05, 0) is 29.2 Å². The molecule has 0 aromatic rings. The molecule has 0 aliphatic carbocycles. The fourth-order valence-electron chi connectivity index (χ4n) is 2.25. The molecule has 0 rings (SSSR count). The van der Waals surface area contributed by atoms with E-state index in [1.165, 1.54) is 7.11 Å². The maximum absolute atomic E-state index is 12.5. The number of nitrogens with one attached hydrogen (secondary N) is 2. The summed E-state index contributed by atoms with van der Waals surface area (Å²) in [6.45, 7) is 9.08. The molecule has 0 bridgehead atoms. The van der Waals surface area contributed by atoms with Gasteiger partial charge < -0.3 is 15.7 Å². The molecule has 9 heteroatoms. The summed E-state index contributed by atoms with van der Waals surface area (Å²) in [6, 6.07) is -0.562. The second kappa shape index (κ2) is 14.6. The molecule has 0 aliphatic rings. The molecule has 152 valence electrons. The lowest BCUT2D eigenvalue weighted by Gasteiger charge is -2.22. The number of carbonyl (C=O) groups is 3. The van der Waals surface area contributed by atoms with Crippen LogP contribution < -0.4 is 10.6 Å². The minimum absolute atomic E-state index is 0.179. The smallest absolute Gasteiger partial charge is 0.481 e. The first-order valence-corrected chi connectivity index (χ1v) is 10.0. The molecule has 0 radical (unpaired) electrons. The Morgan fingerprint density at radius 3 is 1.85 bits per heavy atom.